The predicted octanol–water partition coefficient (Wildman–Crippen LogP) is 3.77. The molecule has 0 radical (unpaired) electrons. The van der Waals surface area contributed by atoms with Crippen LogP contribution in [0.3, 0.4) is 0 Å². The minimum absolute atomic E-state index is 0.0682. The molecule has 1 N–H and O–H groups in total. The highest BCUT2D eigenvalue weighted by Gasteiger charge is 2.33. The molecule has 11 heteroatoms. The summed E-state index contributed by atoms with van der Waals surface area (Å²) in [6.45, 7) is 1.60. The Bertz CT molecular complexity index is 1270. The van der Waals surface area contributed by atoms with Gasteiger partial charge in [-0.1, -0.05) is 18.2 Å². The number of benzene rings is 1. The predicted molar refractivity (Wildman–Crippen MR) is 105 cm³/mol. The van der Waals surface area contributed by atoms with Crippen molar-refractivity contribution in [1.82, 2.24) is 24.8 Å². The number of nitrogens with zero attached hydrogens (tertiary/aromatic N) is 5. The van der Waals surface area contributed by atoms with Crippen LogP contribution >= 0.6 is 0 Å². The molecular formula is C20H15F3N6O2. The molecule has 0 atom stereocenters. The average Bonchev–Trinajstić information content (AvgIpc) is 3.08. The number of alkyl halides is 3. The molecule has 4 aromatic rings. The molecule has 0 saturated heterocycles. The van der Waals surface area contributed by atoms with Crippen LogP contribution in [0, 0.1) is 6.92 Å². The van der Waals surface area contributed by atoms with E-state index in [0.29, 0.717) is 5.69 Å². The molecule has 0 spiro atoms. The van der Waals surface area contributed by atoms with Gasteiger partial charge in [-0.3, -0.25) is 4.79 Å². The molecule has 0 unspecified atom stereocenters. The number of fused-ring (bicyclic) bond motifs is 1. The molecule has 0 aliphatic heterocycles. The highest BCUT2D eigenvalue weighted by Crippen LogP contribution is 2.36. The summed E-state index contributed by atoms with van der Waals surface area (Å²) in [5.41, 5.74) is -0.257. The first-order valence-electron chi connectivity index (χ1n) is 8.99. The third-order valence-electron chi connectivity index (χ3n) is 4.49. The fourth-order valence-electron chi connectivity index (χ4n) is 3.08. The summed E-state index contributed by atoms with van der Waals surface area (Å²) in [5, 5.41) is 14.4. The van der Waals surface area contributed by atoms with E-state index in [2.05, 4.69) is 25.6 Å². The molecule has 8 nitrogen and oxygen atoms in total. The minimum atomic E-state index is -4.55. The highest BCUT2D eigenvalue weighted by atomic mass is 19.4. The smallest absolute Gasteiger partial charge is 0.417 e. The van der Waals surface area contributed by atoms with Crippen LogP contribution in [0.2, 0.25) is 0 Å². The van der Waals surface area contributed by atoms with Gasteiger partial charge in [0.25, 0.3) is 5.91 Å². The molecule has 3 heterocycles. The molecule has 1 amide bonds. The summed E-state index contributed by atoms with van der Waals surface area (Å²) < 4.78 is 46.5. The van der Waals surface area contributed by atoms with E-state index in [-0.39, 0.29) is 34.2 Å². The zero-order valence-corrected chi connectivity index (χ0v) is 16.3. The Balaban J connectivity index is 1.76. The molecule has 0 aliphatic rings. The van der Waals surface area contributed by atoms with Gasteiger partial charge in [-0.2, -0.15) is 18.3 Å². The van der Waals surface area contributed by atoms with Gasteiger partial charge in [0, 0.05) is 17.8 Å². The van der Waals surface area contributed by atoms with E-state index in [1.165, 1.54) is 54.2 Å². The number of hydrogen-bond acceptors (Lipinski definition) is 6. The van der Waals surface area contributed by atoms with Crippen LogP contribution in [0.1, 0.15) is 21.6 Å². The maximum Gasteiger partial charge on any atom is 0.417 e. The SMILES string of the molecule is COc1ccc(NC(=O)c2c(C)nn3ccc(-c4ccccc4C(F)(F)F)nc23)nn1. The number of carbonyl (C=O) groups is 1. The number of rotatable bonds is 4. The van der Waals surface area contributed by atoms with Crippen molar-refractivity contribution in [1.29, 1.82) is 0 Å². The van der Waals surface area contributed by atoms with Gasteiger partial charge in [-0.05, 0) is 25.1 Å². The van der Waals surface area contributed by atoms with E-state index in [9.17, 15) is 18.0 Å². The van der Waals surface area contributed by atoms with Crippen LogP contribution in [-0.4, -0.2) is 37.8 Å². The highest BCUT2D eigenvalue weighted by molar-refractivity contribution is 6.08. The standard InChI is InChI=1S/C20H15F3N6O2/c1-11-17(19(30)25-15-7-8-16(31-2)27-26-15)18-24-14(9-10-29(18)28-11)12-5-3-4-6-13(12)20(21,22)23/h3-10H,1-2H3,(H,25,26,30). The minimum Gasteiger partial charge on any atom is -0.480 e. The molecular weight excluding hydrogens is 413 g/mol. The second-order valence-corrected chi connectivity index (χ2v) is 6.50. The number of ether oxygens (including phenoxy) is 1. The first-order valence-corrected chi connectivity index (χ1v) is 8.99. The van der Waals surface area contributed by atoms with Crippen LogP contribution in [-0.2, 0) is 6.18 Å². The van der Waals surface area contributed by atoms with Gasteiger partial charge in [0.05, 0.1) is 24.1 Å². The second kappa shape index (κ2) is 7.67. The van der Waals surface area contributed by atoms with E-state index in [4.69, 9.17) is 4.74 Å². The molecule has 1 aromatic carbocycles. The lowest BCUT2D eigenvalue weighted by atomic mass is 10.0. The van der Waals surface area contributed by atoms with Gasteiger partial charge < -0.3 is 10.1 Å². The Labute approximate surface area is 173 Å². The number of aromatic nitrogens is 5. The van der Waals surface area contributed by atoms with E-state index in [0.717, 1.165) is 6.07 Å². The molecule has 4 rings (SSSR count). The van der Waals surface area contributed by atoms with Gasteiger partial charge in [0.1, 0.15) is 5.56 Å². The first-order chi connectivity index (χ1) is 14.8. The molecule has 0 aliphatic carbocycles. The summed E-state index contributed by atoms with van der Waals surface area (Å²) in [7, 11) is 1.44. The molecule has 0 fully saturated rings. The molecule has 31 heavy (non-hydrogen) atoms. The van der Waals surface area contributed by atoms with Crippen molar-refractivity contribution < 1.29 is 22.7 Å². The normalized spacial score (nSPS) is 11.5. The summed E-state index contributed by atoms with van der Waals surface area (Å²) in [6.07, 6.45) is -3.09. The van der Waals surface area contributed by atoms with Gasteiger partial charge in [0.15, 0.2) is 11.5 Å². The molecule has 158 valence electrons. The lowest BCUT2D eigenvalue weighted by Gasteiger charge is -2.12. The van der Waals surface area contributed by atoms with Crippen molar-refractivity contribution >= 4 is 17.4 Å². The number of halogens is 3. The summed E-state index contributed by atoms with van der Waals surface area (Å²) in [4.78, 5) is 17.2. The Hall–Kier alpha value is -4.02. The zero-order valence-electron chi connectivity index (χ0n) is 16.3. The Morgan fingerprint density at radius 1 is 1.10 bits per heavy atom. The van der Waals surface area contributed by atoms with Gasteiger partial charge in [-0.15, -0.1) is 10.2 Å². The summed E-state index contributed by atoms with van der Waals surface area (Å²) in [6, 6.07) is 9.56. The van der Waals surface area contributed by atoms with Crippen LogP contribution in [0.25, 0.3) is 16.9 Å². The van der Waals surface area contributed by atoms with Crippen LogP contribution in [0.5, 0.6) is 5.88 Å². The Kier molecular flexibility index (Phi) is 5.01. The van der Waals surface area contributed by atoms with Crippen molar-refractivity contribution in [2.75, 3.05) is 12.4 Å². The number of carbonyl (C=O) groups excluding carboxylic acids is 1. The van der Waals surface area contributed by atoms with Gasteiger partial charge >= 0.3 is 6.18 Å². The fourth-order valence-corrected chi connectivity index (χ4v) is 3.08. The van der Waals surface area contributed by atoms with Crippen molar-refractivity contribution in [3.63, 3.8) is 0 Å². The maximum atomic E-state index is 13.4. The van der Waals surface area contributed by atoms with Gasteiger partial charge in [0.2, 0.25) is 5.88 Å². The fraction of sp³-hybridized carbons (Fsp3) is 0.150. The lowest BCUT2D eigenvalue weighted by molar-refractivity contribution is -0.137. The monoisotopic (exact) mass is 428 g/mol. The number of anilines is 1. The average molecular weight is 428 g/mol. The van der Waals surface area contributed by atoms with Gasteiger partial charge in [-0.25, -0.2) is 9.50 Å². The third-order valence-corrected chi connectivity index (χ3v) is 4.49. The van der Waals surface area contributed by atoms with E-state index in [1.54, 1.807) is 6.92 Å². The Morgan fingerprint density at radius 2 is 1.87 bits per heavy atom. The van der Waals surface area contributed by atoms with Crippen molar-refractivity contribution in [2.45, 2.75) is 13.1 Å². The second-order valence-electron chi connectivity index (χ2n) is 6.50. The number of nitrogens with one attached hydrogen (secondary N) is 1. The van der Waals surface area contributed by atoms with Crippen LogP contribution in [0.15, 0.2) is 48.7 Å². The van der Waals surface area contributed by atoms with E-state index < -0.39 is 17.6 Å². The number of aryl methyl sites for hydroxylation is 1. The maximum absolute atomic E-state index is 13.4. The summed E-state index contributed by atoms with van der Waals surface area (Å²) >= 11 is 0. The first kappa shape index (κ1) is 20.3. The van der Waals surface area contributed by atoms with E-state index >= 15 is 0 Å². The quantitative estimate of drug-likeness (QED) is 0.532. The number of amides is 1. The number of hydrogen-bond donors (Lipinski definition) is 1. The lowest BCUT2D eigenvalue weighted by Crippen LogP contribution is -2.15. The largest absolute Gasteiger partial charge is 0.480 e. The van der Waals surface area contributed by atoms with E-state index in [1.807, 2.05) is 0 Å². The van der Waals surface area contributed by atoms with Crippen molar-refractivity contribution in [3.05, 3.63) is 65.5 Å². The van der Waals surface area contributed by atoms with Crippen LogP contribution in [0.4, 0.5) is 19.0 Å². The van der Waals surface area contributed by atoms with Crippen LogP contribution < -0.4 is 10.1 Å². The molecule has 0 bridgehead atoms. The third kappa shape index (κ3) is 3.89. The molecule has 0 saturated carbocycles. The Morgan fingerprint density at radius 3 is 2.55 bits per heavy atom. The zero-order chi connectivity index (χ0) is 22.2. The number of methoxy groups -OCH3 is 1. The molecule has 3 aromatic heterocycles. The summed E-state index contributed by atoms with van der Waals surface area (Å²) in [5.74, 6) is -0.122. The topological polar surface area (TPSA) is 94.3 Å². The van der Waals surface area contributed by atoms with Crippen molar-refractivity contribution in [2.24, 2.45) is 0 Å². The van der Waals surface area contributed by atoms with Crippen molar-refractivity contribution in [3.8, 4) is 17.1 Å².